The summed E-state index contributed by atoms with van der Waals surface area (Å²) in [5, 5.41) is 4.15. The Labute approximate surface area is 193 Å². The Morgan fingerprint density at radius 2 is 1.79 bits per heavy atom. The predicted octanol–water partition coefficient (Wildman–Crippen LogP) is 3.14. The van der Waals surface area contributed by atoms with E-state index in [1.165, 1.54) is 23.1 Å². The number of para-hydroxylation sites is 1. The Kier molecular flexibility index (Phi) is 7.51. The van der Waals surface area contributed by atoms with Gasteiger partial charge in [0.05, 0.1) is 4.90 Å². The third-order valence-electron chi connectivity index (χ3n) is 5.59. The summed E-state index contributed by atoms with van der Waals surface area (Å²) >= 11 is 0. The van der Waals surface area contributed by atoms with Gasteiger partial charge in [-0.25, -0.2) is 13.1 Å². The summed E-state index contributed by atoms with van der Waals surface area (Å²) in [6.07, 6.45) is 5.33. The number of hydrogen-bond donors (Lipinski definition) is 3. The van der Waals surface area contributed by atoms with E-state index in [0.29, 0.717) is 57.1 Å². The summed E-state index contributed by atoms with van der Waals surface area (Å²) in [7, 11) is -3.61. The average molecular weight is 472 g/mol. The van der Waals surface area contributed by atoms with Crippen LogP contribution >= 0.6 is 0 Å². The number of ether oxygens (including phenoxy) is 2. The molecular weight excluding hydrogens is 442 g/mol. The highest BCUT2D eigenvalue weighted by Crippen LogP contribution is 2.32. The molecule has 2 heterocycles. The first-order chi connectivity index (χ1) is 16.0. The highest BCUT2D eigenvalue weighted by atomic mass is 32.2. The van der Waals surface area contributed by atoms with Crippen molar-refractivity contribution in [3.05, 3.63) is 54.2 Å². The molecule has 0 unspecified atom stereocenters. The van der Waals surface area contributed by atoms with Gasteiger partial charge in [-0.3, -0.25) is 4.79 Å². The molecule has 1 amide bonds. The van der Waals surface area contributed by atoms with Crippen LogP contribution in [0.2, 0.25) is 0 Å². The van der Waals surface area contributed by atoms with E-state index >= 15 is 0 Å². The summed E-state index contributed by atoms with van der Waals surface area (Å²) in [6, 6.07) is 12.7. The molecule has 33 heavy (non-hydrogen) atoms. The van der Waals surface area contributed by atoms with Gasteiger partial charge in [0.15, 0.2) is 11.5 Å². The molecule has 0 fully saturated rings. The number of unbranched alkanes of at least 4 members (excludes halogenated alkanes) is 2. The smallest absolute Gasteiger partial charge is 0.240 e. The zero-order chi connectivity index (χ0) is 23.1. The molecule has 3 aromatic rings. The van der Waals surface area contributed by atoms with E-state index in [0.717, 1.165) is 18.4 Å². The Morgan fingerprint density at radius 3 is 2.67 bits per heavy atom. The van der Waals surface area contributed by atoms with Gasteiger partial charge in [-0.15, -0.1) is 0 Å². The van der Waals surface area contributed by atoms with Crippen molar-refractivity contribution in [1.29, 1.82) is 0 Å². The fourth-order valence-electron chi connectivity index (χ4n) is 3.83. The van der Waals surface area contributed by atoms with E-state index in [1.807, 2.05) is 24.4 Å². The number of nitrogens with one attached hydrogen (secondary N) is 3. The van der Waals surface area contributed by atoms with E-state index in [1.54, 1.807) is 6.07 Å². The van der Waals surface area contributed by atoms with Gasteiger partial charge >= 0.3 is 0 Å². The van der Waals surface area contributed by atoms with Crippen LogP contribution in [0.4, 0.5) is 0 Å². The summed E-state index contributed by atoms with van der Waals surface area (Å²) in [5.74, 6) is 1.02. The van der Waals surface area contributed by atoms with Gasteiger partial charge < -0.3 is 19.8 Å². The molecule has 4 rings (SSSR count). The van der Waals surface area contributed by atoms with Gasteiger partial charge in [0.25, 0.3) is 0 Å². The zero-order valence-corrected chi connectivity index (χ0v) is 19.2. The average Bonchev–Trinajstić information content (AvgIpc) is 3.24. The minimum Gasteiger partial charge on any atom is -0.486 e. The minimum atomic E-state index is -3.61. The Morgan fingerprint density at radius 1 is 0.970 bits per heavy atom. The summed E-state index contributed by atoms with van der Waals surface area (Å²) < 4.78 is 38.4. The Hall–Kier alpha value is -3.04. The number of fused-ring (bicyclic) bond motifs is 2. The molecule has 3 N–H and O–H groups in total. The molecule has 1 aliphatic heterocycles. The molecule has 1 aliphatic rings. The molecule has 9 heteroatoms. The maximum Gasteiger partial charge on any atom is 0.240 e. The first kappa shape index (κ1) is 23.1. The van der Waals surface area contributed by atoms with Gasteiger partial charge in [-0.2, -0.15) is 0 Å². The number of aromatic nitrogens is 1. The van der Waals surface area contributed by atoms with Crippen LogP contribution in [-0.4, -0.2) is 45.6 Å². The van der Waals surface area contributed by atoms with Crippen LogP contribution in [0.3, 0.4) is 0 Å². The molecule has 0 radical (unpaired) electrons. The maximum absolute atomic E-state index is 12.5. The monoisotopic (exact) mass is 471 g/mol. The topological polar surface area (TPSA) is 110 Å². The standard InChI is InChI=1S/C24H29N3O5S/c28-24(25-13-11-18-17-26-21-7-4-3-6-20(18)21)8-2-1-5-12-27-33(29,30)19-9-10-22-23(16-19)32-15-14-31-22/h3-4,6-7,9-10,16-17,26-27H,1-2,5,8,11-15H2,(H,25,28). The number of benzene rings is 2. The molecule has 8 nitrogen and oxygen atoms in total. The lowest BCUT2D eigenvalue weighted by Gasteiger charge is -2.18. The Bertz CT molecular complexity index is 1210. The molecular formula is C24H29N3O5S. The van der Waals surface area contributed by atoms with Crippen molar-refractivity contribution in [3.63, 3.8) is 0 Å². The SMILES string of the molecule is O=C(CCCCCNS(=O)(=O)c1ccc2c(c1)OCCO2)NCCc1c[nH]c2ccccc12. The van der Waals surface area contributed by atoms with Crippen LogP contribution in [0, 0.1) is 0 Å². The number of carbonyl (C=O) groups is 1. The van der Waals surface area contributed by atoms with Crippen molar-refractivity contribution in [2.45, 2.75) is 37.0 Å². The number of hydrogen-bond acceptors (Lipinski definition) is 5. The first-order valence-corrected chi connectivity index (χ1v) is 12.7. The third-order valence-corrected chi connectivity index (χ3v) is 7.05. The fourth-order valence-corrected chi connectivity index (χ4v) is 4.92. The van der Waals surface area contributed by atoms with Gasteiger partial charge in [0.1, 0.15) is 13.2 Å². The highest BCUT2D eigenvalue weighted by Gasteiger charge is 2.18. The van der Waals surface area contributed by atoms with E-state index in [4.69, 9.17) is 9.47 Å². The maximum atomic E-state index is 12.5. The molecule has 0 saturated heterocycles. The fraction of sp³-hybridized carbons (Fsp3) is 0.375. The lowest BCUT2D eigenvalue weighted by Crippen LogP contribution is -2.26. The second-order valence-electron chi connectivity index (χ2n) is 7.97. The second kappa shape index (κ2) is 10.7. The van der Waals surface area contributed by atoms with E-state index in [2.05, 4.69) is 21.1 Å². The minimum absolute atomic E-state index is 0.0201. The van der Waals surface area contributed by atoms with E-state index < -0.39 is 10.0 Å². The van der Waals surface area contributed by atoms with Crippen LogP contribution in [0.15, 0.2) is 53.6 Å². The largest absolute Gasteiger partial charge is 0.486 e. The van der Waals surface area contributed by atoms with E-state index in [9.17, 15) is 13.2 Å². The number of sulfonamides is 1. The van der Waals surface area contributed by atoms with Crippen LogP contribution in [0.25, 0.3) is 10.9 Å². The molecule has 0 bridgehead atoms. The van der Waals surface area contributed by atoms with Crippen molar-refractivity contribution >= 4 is 26.8 Å². The zero-order valence-electron chi connectivity index (χ0n) is 18.4. The van der Waals surface area contributed by atoms with Gasteiger partial charge in [0.2, 0.25) is 15.9 Å². The van der Waals surface area contributed by atoms with Crippen molar-refractivity contribution in [1.82, 2.24) is 15.0 Å². The molecule has 0 aliphatic carbocycles. The second-order valence-corrected chi connectivity index (χ2v) is 9.74. The Balaban J connectivity index is 1.11. The van der Waals surface area contributed by atoms with Gasteiger partial charge in [-0.1, -0.05) is 24.6 Å². The molecule has 0 atom stereocenters. The number of rotatable bonds is 11. The van der Waals surface area contributed by atoms with E-state index in [-0.39, 0.29) is 10.8 Å². The van der Waals surface area contributed by atoms with Crippen molar-refractivity contribution in [2.75, 3.05) is 26.3 Å². The van der Waals surface area contributed by atoms with Crippen molar-refractivity contribution in [2.24, 2.45) is 0 Å². The van der Waals surface area contributed by atoms with Crippen molar-refractivity contribution in [3.8, 4) is 11.5 Å². The lowest BCUT2D eigenvalue weighted by atomic mass is 10.1. The van der Waals surface area contributed by atoms with Crippen LogP contribution in [0.5, 0.6) is 11.5 Å². The number of amides is 1. The quantitative estimate of drug-likeness (QED) is 0.372. The number of aromatic amines is 1. The molecule has 1 aromatic heterocycles. The highest BCUT2D eigenvalue weighted by molar-refractivity contribution is 7.89. The summed E-state index contributed by atoms with van der Waals surface area (Å²) in [4.78, 5) is 15.5. The van der Waals surface area contributed by atoms with Gasteiger partial charge in [0, 0.05) is 42.7 Å². The van der Waals surface area contributed by atoms with Crippen LogP contribution < -0.4 is 19.5 Å². The summed E-state index contributed by atoms with van der Waals surface area (Å²) in [6.45, 7) is 1.77. The van der Waals surface area contributed by atoms with Crippen molar-refractivity contribution < 1.29 is 22.7 Å². The number of H-pyrrole nitrogens is 1. The number of carbonyl (C=O) groups excluding carboxylic acids is 1. The third kappa shape index (κ3) is 6.06. The first-order valence-electron chi connectivity index (χ1n) is 11.2. The molecule has 0 saturated carbocycles. The van der Waals surface area contributed by atoms with Gasteiger partial charge in [-0.05, 0) is 43.0 Å². The summed E-state index contributed by atoms with van der Waals surface area (Å²) in [5.41, 5.74) is 2.29. The predicted molar refractivity (Wildman–Crippen MR) is 126 cm³/mol. The molecule has 0 spiro atoms. The lowest BCUT2D eigenvalue weighted by molar-refractivity contribution is -0.121. The van der Waals surface area contributed by atoms with Crippen LogP contribution in [0.1, 0.15) is 31.2 Å². The molecule has 176 valence electrons. The van der Waals surface area contributed by atoms with Crippen LogP contribution in [-0.2, 0) is 21.2 Å². The molecule has 2 aromatic carbocycles. The normalized spacial score (nSPS) is 13.2.